The van der Waals surface area contributed by atoms with E-state index >= 15 is 0 Å². The number of nitrogen functional groups attached to an aromatic ring is 1. The Balaban J connectivity index is 1.61. The summed E-state index contributed by atoms with van der Waals surface area (Å²) in [4.78, 5) is 12.3. The SMILES string of the molecule is C[C@H](Sc1nnc(-c2ccco2)n1N)C(=O)NC1CCCCC1. The van der Waals surface area contributed by atoms with E-state index in [1.54, 1.807) is 18.4 Å². The van der Waals surface area contributed by atoms with E-state index < -0.39 is 0 Å². The summed E-state index contributed by atoms with van der Waals surface area (Å²) in [5, 5.41) is 11.4. The summed E-state index contributed by atoms with van der Waals surface area (Å²) in [6, 6.07) is 3.83. The van der Waals surface area contributed by atoms with Crippen molar-refractivity contribution in [2.45, 2.75) is 55.5 Å². The lowest BCUT2D eigenvalue weighted by Crippen LogP contribution is -2.40. The summed E-state index contributed by atoms with van der Waals surface area (Å²) in [6.07, 6.45) is 7.34. The lowest BCUT2D eigenvalue weighted by atomic mass is 9.95. The molecule has 8 heteroatoms. The van der Waals surface area contributed by atoms with E-state index in [0.29, 0.717) is 22.8 Å². The average Bonchev–Trinajstić information content (AvgIpc) is 3.19. The van der Waals surface area contributed by atoms with Gasteiger partial charge in [-0.15, -0.1) is 10.2 Å². The highest BCUT2D eigenvalue weighted by Crippen LogP contribution is 2.25. The van der Waals surface area contributed by atoms with Crippen LogP contribution in [0.15, 0.2) is 28.0 Å². The van der Waals surface area contributed by atoms with Gasteiger partial charge in [0.2, 0.25) is 16.9 Å². The number of carbonyl (C=O) groups is 1. The van der Waals surface area contributed by atoms with Crippen LogP contribution < -0.4 is 11.2 Å². The fourth-order valence-corrected chi connectivity index (χ4v) is 3.49. The van der Waals surface area contributed by atoms with E-state index in [9.17, 15) is 4.79 Å². The van der Waals surface area contributed by atoms with Gasteiger partial charge in [-0.3, -0.25) is 4.79 Å². The molecule has 23 heavy (non-hydrogen) atoms. The van der Waals surface area contributed by atoms with Gasteiger partial charge in [0.15, 0.2) is 5.76 Å². The number of nitrogens with two attached hydrogens (primary N) is 1. The molecule has 124 valence electrons. The zero-order valence-electron chi connectivity index (χ0n) is 13.1. The summed E-state index contributed by atoms with van der Waals surface area (Å²) >= 11 is 1.30. The molecule has 0 saturated heterocycles. The van der Waals surface area contributed by atoms with Crippen LogP contribution in [-0.4, -0.2) is 32.1 Å². The third kappa shape index (κ3) is 3.69. The second-order valence-corrected chi connectivity index (χ2v) is 7.07. The van der Waals surface area contributed by atoms with Gasteiger partial charge < -0.3 is 15.6 Å². The molecule has 1 atom stereocenters. The minimum atomic E-state index is -0.284. The summed E-state index contributed by atoms with van der Waals surface area (Å²) in [6.45, 7) is 1.85. The Kier molecular flexibility index (Phi) is 4.90. The van der Waals surface area contributed by atoms with Gasteiger partial charge in [0.25, 0.3) is 0 Å². The number of hydrogen-bond donors (Lipinski definition) is 2. The molecule has 0 aromatic carbocycles. The van der Waals surface area contributed by atoms with Crippen molar-refractivity contribution in [3.63, 3.8) is 0 Å². The quantitative estimate of drug-likeness (QED) is 0.642. The molecule has 0 aliphatic heterocycles. The van der Waals surface area contributed by atoms with E-state index in [-0.39, 0.29) is 11.2 Å². The predicted molar refractivity (Wildman–Crippen MR) is 88.2 cm³/mol. The van der Waals surface area contributed by atoms with Crippen molar-refractivity contribution >= 4 is 17.7 Å². The number of thioether (sulfide) groups is 1. The Bertz CT molecular complexity index is 649. The largest absolute Gasteiger partial charge is 0.461 e. The van der Waals surface area contributed by atoms with E-state index in [2.05, 4.69) is 15.5 Å². The van der Waals surface area contributed by atoms with E-state index in [1.807, 2.05) is 6.92 Å². The number of carbonyl (C=O) groups excluding carboxylic acids is 1. The third-order valence-electron chi connectivity index (χ3n) is 4.01. The maximum Gasteiger partial charge on any atom is 0.233 e. The van der Waals surface area contributed by atoms with Crippen molar-refractivity contribution in [2.24, 2.45) is 0 Å². The van der Waals surface area contributed by atoms with E-state index in [0.717, 1.165) is 12.8 Å². The van der Waals surface area contributed by atoms with Gasteiger partial charge in [0.1, 0.15) is 0 Å². The normalized spacial score (nSPS) is 17.1. The van der Waals surface area contributed by atoms with Crippen LogP contribution in [0, 0.1) is 0 Å². The Morgan fingerprint density at radius 2 is 2.22 bits per heavy atom. The number of nitrogens with one attached hydrogen (secondary N) is 1. The Hall–Kier alpha value is -1.96. The molecule has 0 bridgehead atoms. The number of rotatable bonds is 5. The monoisotopic (exact) mass is 335 g/mol. The lowest BCUT2D eigenvalue weighted by molar-refractivity contribution is -0.121. The van der Waals surface area contributed by atoms with Crippen LogP contribution in [0.4, 0.5) is 0 Å². The topological polar surface area (TPSA) is 99.0 Å². The zero-order valence-corrected chi connectivity index (χ0v) is 13.9. The van der Waals surface area contributed by atoms with Gasteiger partial charge in [0.05, 0.1) is 11.5 Å². The van der Waals surface area contributed by atoms with Crippen molar-refractivity contribution in [3.05, 3.63) is 18.4 Å². The van der Waals surface area contributed by atoms with Crippen LogP contribution in [0.3, 0.4) is 0 Å². The molecule has 1 aliphatic carbocycles. The molecule has 1 fully saturated rings. The standard InChI is InChI=1S/C15H21N5O2S/c1-10(14(21)17-11-6-3-2-4-7-11)23-15-19-18-13(20(15)16)12-8-5-9-22-12/h5,8-11H,2-4,6-7,16H2,1H3,(H,17,21)/t10-/m0/s1. The second kappa shape index (κ2) is 7.08. The fraction of sp³-hybridized carbons (Fsp3) is 0.533. The highest BCUT2D eigenvalue weighted by molar-refractivity contribution is 8.00. The molecule has 7 nitrogen and oxygen atoms in total. The van der Waals surface area contributed by atoms with Gasteiger partial charge >= 0.3 is 0 Å². The highest BCUT2D eigenvalue weighted by Gasteiger charge is 2.23. The van der Waals surface area contributed by atoms with Gasteiger partial charge in [-0.25, -0.2) is 4.68 Å². The molecule has 0 spiro atoms. The van der Waals surface area contributed by atoms with Crippen LogP contribution in [0.1, 0.15) is 39.0 Å². The summed E-state index contributed by atoms with van der Waals surface area (Å²) in [5.41, 5.74) is 0. The van der Waals surface area contributed by atoms with Gasteiger partial charge in [0, 0.05) is 6.04 Å². The van der Waals surface area contributed by atoms with Gasteiger partial charge in [-0.2, -0.15) is 0 Å². The van der Waals surface area contributed by atoms with E-state index in [1.165, 1.54) is 35.7 Å². The van der Waals surface area contributed by atoms with Gasteiger partial charge in [-0.05, 0) is 31.9 Å². The molecule has 1 saturated carbocycles. The molecular weight excluding hydrogens is 314 g/mol. The first-order chi connectivity index (χ1) is 11.1. The third-order valence-corrected chi connectivity index (χ3v) is 5.07. The van der Waals surface area contributed by atoms with Crippen LogP contribution in [0.5, 0.6) is 0 Å². The molecule has 1 aliphatic rings. The van der Waals surface area contributed by atoms with Crippen LogP contribution >= 0.6 is 11.8 Å². The number of hydrogen-bond acceptors (Lipinski definition) is 6. The molecule has 2 aromatic rings. The number of amides is 1. The van der Waals surface area contributed by atoms with Crippen LogP contribution in [0.25, 0.3) is 11.6 Å². The van der Waals surface area contributed by atoms with Crippen LogP contribution in [-0.2, 0) is 4.79 Å². The molecule has 2 aromatic heterocycles. The zero-order chi connectivity index (χ0) is 16.2. The first-order valence-corrected chi connectivity index (χ1v) is 8.74. The summed E-state index contributed by atoms with van der Waals surface area (Å²) < 4.78 is 6.63. The minimum absolute atomic E-state index is 0.0180. The Labute approximate surface area is 139 Å². The second-order valence-electron chi connectivity index (χ2n) is 5.76. The van der Waals surface area contributed by atoms with Crippen molar-refractivity contribution in [1.29, 1.82) is 0 Å². The van der Waals surface area contributed by atoms with Crippen molar-refractivity contribution in [3.8, 4) is 11.6 Å². The summed E-state index contributed by atoms with van der Waals surface area (Å²) in [5.74, 6) is 7.01. The predicted octanol–water partition coefficient (Wildman–Crippen LogP) is 2.18. The highest BCUT2D eigenvalue weighted by atomic mass is 32.2. The lowest BCUT2D eigenvalue weighted by Gasteiger charge is -2.24. The number of nitrogens with zero attached hydrogens (tertiary/aromatic N) is 3. The van der Waals surface area contributed by atoms with Crippen molar-refractivity contribution in [2.75, 3.05) is 5.84 Å². The first-order valence-electron chi connectivity index (χ1n) is 7.86. The summed E-state index contributed by atoms with van der Waals surface area (Å²) in [7, 11) is 0. The maximum atomic E-state index is 12.3. The number of furan rings is 1. The smallest absolute Gasteiger partial charge is 0.233 e. The fourth-order valence-electron chi connectivity index (χ4n) is 2.71. The van der Waals surface area contributed by atoms with Crippen molar-refractivity contribution in [1.82, 2.24) is 20.2 Å². The molecule has 0 unspecified atom stereocenters. The number of aromatic nitrogens is 3. The molecule has 2 heterocycles. The molecule has 3 N–H and O–H groups in total. The molecular formula is C15H21N5O2S. The molecule has 0 radical (unpaired) electrons. The minimum Gasteiger partial charge on any atom is -0.461 e. The Morgan fingerprint density at radius 1 is 1.43 bits per heavy atom. The molecule has 1 amide bonds. The first kappa shape index (κ1) is 15.9. The van der Waals surface area contributed by atoms with E-state index in [4.69, 9.17) is 10.3 Å². The van der Waals surface area contributed by atoms with Gasteiger partial charge in [-0.1, -0.05) is 31.0 Å². The maximum absolute atomic E-state index is 12.3. The molecule has 3 rings (SSSR count). The van der Waals surface area contributed by atoms with Crippen molar-refractivity contribution < 1.29 is 9.21 Å². The van der Waals surface area contributed by atoms with Crippen LogP contribution in [0.2, 0.25) is 0 Å². The average molecular weight is 335 g/mol. The Morgan fingerprint density at radius 3 is 2.91 bits per heavy atom.